The van der Waals surface area contributed by atoms with Gasteiger partial charge in [-0.2, -0.15) is 0 Å². The lowest BCUT2D eigenvalue weighted by molar-refractivity contribution is 0.0917. The van der Waals surface area contributed by atoms with E-state index in [0.29, 0.717) is 18.7 Å². The number of rotatable bonds is 9. The number of thiazole rings is 1. The van der Waals surface area contributed by atoms with Crippen LogP contribution in [0.5, 0.6) is 5.75 Å². The third-order valence-electron chi connectivity index (χ3n) is 5.94. The summed E-state index contributed by atoms with van der Waals surface area (Å²) in [6, 6.07) is 11.7. The van der Waals surface area contributed by atoms with Crippen LogP contribution in [0.25, 0.3) is 10.2 Å². The van der Waals surface area contributed by atoms with Gasteiger partial charge in [-0.25, -0.2) is 4.98 Å². The highest BCUT2D eigenvalue weighted by Crippen LogP contribution is 2.34. The molecule has 1 aliphatic rings. The minimum Gasteiger partial charge on any atom is -0.494 e. The molecule has 2 heterocycles. The number of aryl methyl sites for hydroxylation is 2. The maximum absolute atomic E-state index is 13.6. The number of hydrogen-bond acceptors (Lipinski definition) is 5. The van der Waals surface area contributed by atoms with E-state index in [1.54, 1.807) is 16.2 Å². The fraction of sp³-hybridized carbons (Fsp3) is 0.462. The molecule has 1 amide bonds. The van der Waals surface area contributed by atoms with E-state index >= 15 is 0 Å². The third kappa shape index (κ3) is 5.13. The molecule has 0 bridgehead atoms. The van der Waals surface area contributed by atoms with Crippen LogP contribution in [0, 0.1) is 13.8 Å². The molecule has 3 aromatic rings. The summed E-state index contributed by atoms with van der Waals surface area (Å²) in [5.41, 5.74) is 3.92. The Morgan fingerprint density at radius 3 is 2.62 bits per heavy atom. The maximum Gasteiger partial charge on any atom is 0.260 e. The molecular formula is C26H32N2O3S. The molecule has 1 aliphatic heterocycles. The molecule has 0 N–H and O–H groups in total. The predicted molar refractivity (Wildman–Crippen MR) is 131 cm³/mol. The molecule has 2 aromatic carbocycles. The minimum atomic E-state index is -0.0487. The number of ether oxygens (including phenoxy) is 2. The van der Waals surface area contributed by atoms with Crippen molar-refractivity contribution in [3.8, 4) is 5.75 Å². The van der Waals surface area contributed by atoms with Gasteiger partial charge in [0.2, 0.25) is 0 Å². The van der Waals surface area contributed by atoms with Crippen molar-refractivity contribution in [3.05, 3.63) is 53.1 Å². The zero-order valence-corrected chi connectivity index (χ0v) is 20.0. The average Bonchev–Trinajstić information content (AvgIpc) is 3.48. The number of hydrogen-bond donors (Lipinski definition) is 0. The van der Waals surface area contributed by atoms with Crippen LogP contribution in [-0.2, 0) is 4.74 Å². The van der Waals surface area contributed by atoms with E-state index in [9.17, 15) is 4.79 Å². The molecule has 1 unspecified atom stereocenters. The number of fused-ring (bicyclic) bond motifs is 1. The molecular weight excluding hydrogens is 420 g/mol. The van der Waals surface area contributed by atoms with Gasteiger partial charge in [0.25, 0.3) is 5.91 Å². The van der Waals surface area contributed by atoms with E-state index in [1.807, 2.05) is 24.3 Å². The first-order valence-corrected chi connectivity index (χ1v) is 12.4. The van der Waals surface area contributed by atoms with Crippen molar-refractivity contribution in [3.63, 3.8) is 0 Å². The van der Waals surface area contributed by atoms with Crippen LogP contribution in [0.2, 0.25) is 0 Å². The molecule has 0 saturated carbocycles. The first kappa shape index (κ1) is 22.7. The van der Waals surface area contributed by atoms with Crippen molar-refractivity contribution in [1.29, 1.82) is 0 Å². The topological polar surface area (TPSA) is 51.7 Å². The fourth-order valence-corrected chi connectivity index (χ4v) is 5.11. The predicted octanol–water partition coefficient (Wildman–Crippen LogP) is 6.31. The Bertz CT molecular complexity index is 1020. The summed E-state index contributed by atoms with van der Waals surface area (Å²) < 4.78 is 12.8. The van der Waals surface area contributed by atoms with Gasteiger partial charge in [0.05, 0.1) is 29.5 Å². The number of nitrogens with zero attached hydrogens (tertiary/aromatic N) is 2. The summed E-state index contributed by atoms with van der Waals surface area (Å²) in [5, 5.41) is 0.734. The number of benzene rings is 2. The number of carbonyl (C=O) groups is 1. The Kier molecular flexibility index (Phi) is 7.43. The van der Waals surface area contributed by atoms with Crippen LogP contribution in [0.4, 0.5) is 5.13 Å². The molecule has 4 rings (SSSR count). The monoisotopic (exact) mass is 452 g/mol. The zero-order valence-electron chi connectivity index (χ0n) is 19.2. The number of amides is 1. The Labute approximate surface area is 194 Å². The maximum atomic E-state index is 13.6. The lowest BCUT2D eigenvalue weighted by atomic mass is 10.1. The van der Waals surface area contributed by atoms with Gasteiger partial charge in [-0.1, -0.05) is 43.2 Å². The van der Waals surface area contributed by atoms with Gasteiger partial charge >= 0.3 is 0 Å². The summed E-state index contributed by atoms with van der Waals surface area (Å²) in [7, 11) is 0. The fourth-order valence-electron chi connectivity index (χ4n) is 3.99. The quantitative estimate of drug-likeness (QED) is 0.357. The molecule has 1 aromatic heterocycles. The van der Waals surface area contributed by atoms with E-state index < -0.39 is 0 Å². The lowest BCUT2D eigenvalue weighted by Crippen LogP contribution is -2.37. The molecule has 0 spiro atoms. The summed E-state index contributed by atoms with van der Waals surface area (Å²) in [6.07, 6.45) is 5.43. The van der Waals surface area contributed by atoms with Crippen LogP contribution >= 0.6 is 11.3 Å². The van der Waals surface area contributed by atoms with Crippen molar-refractivity contribution < 1.29 is 14.3 Å². The standard InChI is InChI=1S/C26H32N2O3S/c1-4-5-6-15-30-21-13-11-20(12-14-21)25(29)28(17-22-8-7-16-31-22)26-27-23-18(2)9-10-19(3)24(23)32-26/h9-14,22H,4-8,15-17H2,1-3H3. The molecule has 6 heteroatoms. The van der Waals surface area contributed by atoms with Crippen LogP contribution in [0.3, 0.4) is 0 Å². The number of unbranched alkanes of at least 4 members (excludes halogenated alkanes) is 2. The summed E-state index contributed by atoms with van der Waals surface area (Å²) in [4.78, 5) is 20.3. The van der Waals surface area contributed by atoms with Crippen molar-refractivity contribution in [2.24, 2.45) is 0 Å². The summed E-state index contributed by atoms with van der Waals surface area (Å²) >= 11 is 1.59. The molecule has 5 nitrogen and oxygen atoms in total. The Morgan fingerprint density at radius 1 is 1.16 bits per heavy atom. The van der Waals surface area contributed by atoms with E-state index in [-0.39, 0.29) is 12.0 Å². The van der Waals surface area contributed by atoms with E-state index in [4.69, 9.17) is 14.5 Å². The molecule has 1 fully saturated rings. The summed E-state index contributed by atoms with van der Waals surface area (Å²) in [6.45, 7) is 8.32. The average molecular weight is 453 g/mol. The van der Waals surface area contributed by atoms with Crippen LogP contribution in [0.15, 0.2) is 36.4 Å². The lowest BCUT2D eigenvalue weighted by Gasteiger charge is -2.23. The van der Waals surface area contributed by atoms with Gasteiger partial charge < -0.3 is 9.47 Å². The second-order valence-electron chi connectivity index (χ2n) is 8.50. The molecule has 32 heavy (non-hydrogen) atoms. The van der Waals surface area contributed by atoms with Crippen molar-refractivity contribution >= 4 is 32.6 Å². The second-order valence-corrected chi connectivity index (χ2v) is 9.48. The molecule has 1 atom stereocenters. The third-order valence-corrected chi connectivity index (χ3v) is 7.15. The van der Waals surface area contributed by atoms with Crippen LogP contribution in [-0.4, -0.2) is 36.8 Å². The summed E-state index contributed by atoms with van der Waals surface area (Å²) in [5.74, 6) is 0.752. The molecule has 170 valence electrons. The molecule has 0 aliphatic carbocycles. The van der Waals surface area contributed by atoms with Crippen molar-refractivity contribution in [2.45, 2.75) is 59.0 Å². The van der Waals surface area contributed by atoms with Crippen LogP contribution < -0.4 is 9.64 Å². The Balaban J connectivity index is 1.58. The number of carbonyl (C=O) groups excluding carboxylic acids is 1. The molecule has 0 radical (unpaired) electrons. The van der Waals surface area contributed by atoms with Gasteiger partial charge in [-0.15, -0.1) is 0 Å². The zero-order chi connectivity index (χ0) is 22.5. The first-order chi connectivity index (χ1) is 15.6. The Hall–Kier alpha value is -2.44. The van der Waals surface area contributed by atoms with E-state index in [1.165, 1.54) is 12.0 Å². The Morgan fingerprint density at radius 2 is 1.94 bits per heavy atom. The molecule has 1 saturated heterocycles. The normalized spacial score (nSPS) is 15.9. The highest BCUT2D eigenvalue weighted by atomic mass is 32.1. The van der Waals surface area contributed by atoms with Gasteiger partial charge in [-0.3, -0.25) is 9.69 Å². The highest BCUT2D eigenvalue weighted by Gasteiger charge is 2.27. The van der Waals surface area contributed by atoms with Gasteiger partial charge in [0, 0.05) is 12.2 Å². The minimum absolute atomic E-state index is 0.0487. The second kappa shape index (κ2) is 10.5. The van der Waals surface area contributed by atoms with Crippen molar-refractivity contribution in [2.75, 3.05) is 24.7 Å². The number of anilines is 1. The first-order valence-electron chi connectivity index (χ1n) is 11.6. The largest absolute Gasteiger partial charge is 0.494 e. The van der Waals surface area contributed by atoms with E-state index in [0.717, 1.165) is 59.0 Å². The van der Waals surface area contributed by atoms with Crippen LogP contribution in [0.1, 0.15) is 60.5 Å². The smallest absolute Gasteiger partial charge is 0.260 e. The van der Waals surface area contributed by atoms with E-state index in [2.05, 4.69) is 32.9 Å². The highest BCUT2D eigenvalue weighted by molar-refractivity contribution is 7.22. The van der Waals surface area contributed by atoms with Crippen molar-refractivity contribution in [1.82, 2.24) is 4.98 Å². The van der Waals surface area contributed by atoms with Gasteiger partial charge in [-0.05, 0) is 68.5 Å². The number of aromatic nitrogens is 1. The van der Waals surface area contributed by atoms with Gasteiger partial charge in [0.1, 0.15) is 5.75 Å². The van der Waals surface area contributed by atoms with Gasteiger partial charge in [0.15, 0.2) is 5.13 Å². The SMILES string of the molecule is CCCCCOc1ccc(C(=O)N(CC2CCCO2)c2nc3c(C)ccc(C)c3s2)cc1.